The maximum atomic E-state index is 14.4. The molecule has 1 aromatic carbocycles. The van der Waals surface area contributed by atoms with Gasteiger partial charge in [0, 0.05) is 37.9 Å². The Kier molecular flexibility index (Phi) is 7.83. The van der Waals surface area contributed by atoms with Gasteiger partial charge in [0.05, 0.1) is 7.11 Å². The van der Waals surface area contributed by atoms with Crippen LogP contribution in [0.3, 0.4) is 0 Å². The third-order valence-corrected chi connectivity index (χ3v) is 7.06. The molecule has 0 saturated heterocycles. The molecule has 180 valence electrons. The Hall–Kier alpha value is -2.64. The van der Waals surface area contributed by atoms with Crippen molar-refractivity contribution in [2.45, 2.75) is 82.7 Å². The molecule has 7 nitrogen and oxygen atoms in total. The van der Waals surface area contributed by atoms with E-state index in [9.17, 15) is 4.39 Å². The largest absolute Gasteiger partial charge is 0.494 e. The van der Waals surface area contributed by atoms with Crippen LogP contribution in [0.5, 0.6) is 5.75 Å². The predicted molar refractivity (Wildman–Crippen MR) is 131 cm³/mol. The van der Waals surface area contributed by atoms with Crippen LogP contribution < -0.4 is 19.9 Å². The molecule has 0 spiro atoms. The lowest BCUT2D eigenvalue weighted by Crippen LogP contribution is -2.35. The summed E-state index contributed by atoms with van der Waals surface area (Å²) in [6, 6.07) is 5.70. The minimum atomic E-state index is -0.410. The van der Waals surface area contributed by atoms with Crippen LogP contribution in [0, 0.1) is 5.82 Å². The van der Waals surface area contributed by atoms with E-state index in [-0.39, 0.29) is 5.75 Å². The van der Waals surface area contributed by atoms with Gasteiger partial charge < -0.3 is 19.9 Å². The summed E-state index contributed by atoms with van der Waals surface area (Å²) in [4.78, 5) is 18.4. The first kappa shape index (κ1) is 23.5. The summed E-state index contributed by atoms with van der Waals surface area (Å²) >= 11 is 0. The standard InChI is InChI=1S/C25H37FN6O/c1-31(19-13-9-6-10-14-19)24-28-23(27-18-11-7-4-5-8-12-18)29-25(30-24)32(2)20-15-16-22(33-3)21(26)17-20/h15-19H,4-14H2,1-3H3,(H,27,28,29,30). The quantitative estimate of drug-likeness (QED) is 0.537. The maximum Gasteiger partial charge on any atom is 0.236 e. The van der Waals surface area contributed by atoms with E-state index in [0.717, 1.165) is 25.7 Å². The molecule has 0 bridgehead atoms. The lowest BCUT2D eigenvalue weighted by molar-refractivity contribution is 0.386. The third-order valence-electron chi connectivity index (χ3n) is 7.06. The summed E-state index contributed by atoms with van der Waals surface area (Å²) in [5.41, 5.74) is 0.659. The average molecular weight is 457 g/mol. The van der Waals surface area contributed by atoms with Gasteiger partial charge in [-0.15, -0.1) is 0 Å². The molecule has 2 fully saturated rings. The van der Waals surface area contributed by atoms with Crippen molar-refractivity contribution in [3.8, 4) is 5.75 Å². The van der Waals surface area contributed by atoms with Gasteiger partial charge in [-0.1, -0.05) is 44.9 Å². The highest BCUT2D eigenvalue weighted by Gasteiger charge is 2.23. The van der Waals surface area contributed by atoms with E-state index in [2.05, 4.69) is 17.3 Å². The van der Waals surface area contributed by atoms with E-state index in [0.29, 0.717) is 35.6 Å². The number of ether oxygens (including phenoxy) is 1. The van der Waals surface area contributed by atoms with E-state index in [1.807, 2.05) is 13.1 Å². The highest BCUT2D eigenvalue weighted by atomic mass is 19.1. The molecule has 2 aliphatic carbocycles. The fourth-order valence-corrected chi connectivity index (χ4v) is 4.94. The van der Waals surface area contributed by atoms with Crippen LogP contribution in [0.15, 0.2) is 18.2 Å². The molecule has 1 N–H and O–H groups in total. The zero-order valence-corrected chi connectivity index (χ0v) is 20.2. The van der Waals surface area contributed by atoms with Gasteiger partial charge in [0.2, 0.25) is 17.8 Å². The number of nitrogens with one attached hydrogen (secondary N) is 1. The molecule has 0 atom stereocenters. The van der Waals surface area contributed by atoms with Gasteiger partial charge in [-0.25, -0.2) is 4.39 Å². The monoisotopic (exact) mass is 456 g/mol. The molecular weight excluding hydrogens is 419 g/mol. The molecule has 0 unspecified atom stereocenters. The highest BCUT2D eigenvalue weighted by molar-refractivity contribution is 5.60. The fraction of sp³-hybridized carbons (Fsp3) is 0.640. The normalized spacial score (nSPS) is 17.9. The second kappa shape index (κ2) is 11.0. The fourth-order valence-electron chi connectivity index (χ4n) is 4.94. The van der Waals surface area contributed by atoms with Crippen molar-refractivity contribution in [2.75, 3.05) is 36.3 Å². The Morgan fingerprint density at radius 2 is 1.52 bits per heavy atom. The Morgan fingerprint density at radius 3 is 2.18 bits per heavy atom. The van der Waals surface area contributed by atoms with Crippen molar-refractivity contribution < 1.29 is 9.13 Å². The van der Waals surface area contributed by atoms with Crippen LogP contribution in [0.2, 0.25) is 0 Å². The second-order valence-corrected chi connectivity index (χ2v) is 9.37. The first-order valence-corrected chi connectivity index (χ1v) is 12.4. The summed E-state index contributed by atoms with van der Waals surface area (Å²) in [6.07, 6.45) is 13.4. The van der Waals surface area contributed by atoms with Crippen molar-refractivity contribution >= 4 is 23.5 Å². The van der Waals surface area contributed by atoms with Crippen LogP contribution in [-0.2, 0) is 0 Å². The van der Waals surface area contributed by atoms with Gasteiger partial charge in [-0.3, -0.25) is 0 Å². The minimum absolute atomic E-state index is 0.219. The molecule has 2 saturated carbocycles. The van der Waals surface area contributed by atoms with Crippen molar-refractivity contribution in [3.05, 3.63) is 24.0 Å². The molecule has 1 aromatic heterocycles. The first-order valence-electron chi connectivity index (χ1n) is 12.4. The molecule has 2 aromatic rings. The Labute approximate surface area is 196 Å². The molecule has 2 aliphatic rings. The van der Waals surface area contributed by atoms with Crippen molar-refractivity contribution in [1.82, 2.24) is 15.0 Å². The molecule has 0 aliphatic heterocycles. The number of benzene rings is 1. The molecule has 0 radical (unpaired) electrons. The second-order valence-electron chi connectivity index (χ2n) is 9.37. The zero-order valence-electron chi connectivity index (χ0n) is 20.2. The number of anilines is 4. The van der Waals surface area contributed by atoms with Gasteiger partial charge in [0.25, 0.3) is 0 Å². The minimum Gasteiger partial charge on any atom is -0.494 e. The lowest BCUT2D eigenvalue weighted by atomic mass is 9.95. The van der Waals surface area contributed by atoms with E-state index in [1.165, 1.54) is 58.1 Å². The number of hydrogen-bond donors (Lipinski definition) is 1. The highest BCUT2D eigenvalue weighted by Crippen LogP contribution is 2.30. The number of aromatic nitrogens is 3. The number of methoxy groups -OCH3 is 1. The Bertz CT molecular complexity index is 912. The van der Waals surface area contributed by atoms with Gasteiger partial charge >= 0.3 is 0 Å². The van der Waals surface area contributed by atoms with Crippen LogP contribution in [-0.4, -0.2) is 48.2 Å². The molecular formula is C25H37FN6O. The number of halogens is 1. The van der Waals surface area contributed by atoms with Crippen molar-refractivity contribution in [2.24, 2.45) is 0 Å². The maximum absolute atomic E-state index is 14.4. The van der Waals surface area contributed by atoms with Gasteiger partial charge in [0.15, 0.2) is 11.6 Å². The van der Waals surface area contributed by atoms with Gasteiger partial charge in [-0.2, -0.15) is 15.0 Å². The first-order chi connectivity index (χ1) is 16.0. The number of nitrogens with zero attached hydrogens (tertiary/aromatic N) is 5. The van der Waals surface area contributed by atoms with Crippen LogP contribution >= 0.6 is 0 Å². The smallest absolute Gasteiger partial charge is 0.236 e. The van der Waals surface area contributed by atoms with Crippen LogP contribution in [0.25, 0.3) is 0 Å². The summed E-state index contributed by atoms with van der Waals surface area (Å²) < 4.78 is 19.4. The summed E-state index contributed by atoms with van der Waals surface area (Å²) in [6.45, 7) is 0. The number of hydrogen-bond acceptors (Lipinski definition) is 7. The van der Waals surface area contributed by atoms with Gasteiger partial charge in [0.1, 0.15) is 0 Å². The average Bonchev–Trinajstić information content (AvgIpc) is 3.12. The number of rotatable bonds is 7. The topological polar surface area (TPSA) is 66.4 Å². The van der Waals surface area contributed by atoms with Crippen molar-refractivity contribution in [3.63, 3.8) is 0 Å². The summed E-state index contributed by atoms with van der Waals surface area (Å²) in [7, 11) is 5.40. The molecule has 1 heterocycles. The van der Waals surface area contributed by atoms with E-state index in [1.54, 1.807) is 11.0 Å². The van der Waals surface area contributed by atoms with E-state index in [4.69, 9.17) is 19.7 Å². The predicted octanol–water partition coefficient (Wildman–Crippen LogP) is 5.69. The zero-order chi connectivity index (χ0) is 23.2. The summed E-state index contributed by atoms with van der Waals surface area (Å²) in [5.74, 6) is 1.58. The molecule has 4 rings (SSSR count). The Balaban J connectivity index is 1.64. The lowest BCUT2D eigenvalue weighted by Gasteiger charge is -2.32. The van der Waals surface area contributed by atoms with E-state index < -0.39 is 5.82 Å². The third kappa shape index (κ3) is 5.84. The Morgan fingerprint density at radius 1 is 0.879 bits per heavy atom. The van der Waals surface area contributed by atoms with Crippen LogP contribution in [0.1, 0.15) is 70.6 Å². The van der Waals surface area contributed by atoms with Gasteiger partial charge in [-0.05, 0) is 37.8 Å². The van der Waals surface area contributed by atoms with E-state index >= 15 is 0 Å². The molecule has 33 heavy (non-hydrogen) atoms. The summed E-state index contributed by atoms with van der Waals surface area (Å²) in [5, 5.41) is 3.59. The van der Waals surface area contributed by atoms with Crippen LogP contribution in [0.4, 0.5) is 27.9 Å². The molecule has 8 heteroatoms. The van der Waals surface area contributed by atoms with Crippen molar-refractivity contribution in [1.29, 1.82) is 0 Å². The molecule has 0 amide bonds. The SMILES string of the molecule is COc1ccc(N(C)c2nc(NC3CCCCCC3)nc(N(C)C3CCCCC3)n2)cc1F.